The quantitative estimate of drug-likeness (QED) is 0.328. The Bertz CT molecular complexity index is 1360. The Morgan fingerprint density at radius 1 is 0.947 bits per heavy atom. The Kier molecular flexibility index (Phi) is 10.1. The lowest BCUT2D eigenvalue weighted by Gasteiger charge is -2.32. The van der Waals surface area contributed by atoms with Crippen LogP contribution in [0.25, 0.3) is 0 Å². The van der Waals surface area contributed by atoms with Crippen LogP contribution in [0.3, 0.4) is 0 Å². The van der Waals surface area contributed by atoms with Crippen molar-refractivity contribution in [1.29, 1.82) is 0 Å². The molecule has 0 fully saturated rings. The molecule has 0 bridgehead atoms. The van der Waals surface area contributed by atoms with Crippen LogP contribution in [-0.4, -0.2) is 44.3 Å². The molecule has 0 aliphatic heterocycles. The molecule has 2 amide bonds. The van der Waals surface area contributed by atoms with Crippen molar-refractivity contribution in [3.63, 3.8) is 0 Å². The van der Waals surface area contributed by atoms with E-state index in [-0.39, 0.29) is 17.3 Å². The average molecular weight is 601 g/mol. The molecular formula is C29H34BrN3O4S. The first kappa shape index (κ1) is 29.4. The van der Waals surface area contributed by atoms with Gasteiger partial charge in [0.2, 0.25) is 11.8 Å². The molecule has 0 saturated carbocycles. The van der Waals surface area contributed by atoms with Crippen LogP contribution in [0.15, 0.2) is 82.2 Å². The van der Waals surface area contributed by atoms with Gasteiger partial charge in [-0.15, -0.1) is 0 Å². The van der Waals surface area contributed by atoms with Gasteiger partial charge in [-0.2, -0.15) is 0 Å². The van der Waals surface area contributed by atoms with E-state index in [1.54, 1.807) is 49.4 Å². The molecule has 0 saturated heterocycles. The standard InChI is InChI=1S/C29H34BrN3O4S/c1-5-17-31-29(35)23(4)32(19-24-11-13-25(30)14-12-24)28(34)20-33(26-8-6-7-22(3)18-26)38(36,37)27-15-9-21(2)10-16-27/h6-16,18,23H,5,17,19-20H2,1-4H3,(H,31,35). The minimum Gasteiger partial charge on any atom is -0.354 e. The Balaban J connectivity index is 2.01. The maximum Gasteiger partial charge on any atom is 0.264 e. The first-order valence-corrected chi connectivity index (χ1v) is 14.7. The van der Waals surface area contributed by atoms with Crippen LogP contribution in [-0.2, 0) is 26.2 Å². The summed E-state index contributed by atoms with van der Waals surface area (Å²) in [5, 5.41) is 2.84. The van der Waals surface area contributed by atoms with Crippen LogP contribution in [0.4, 0.5) is 5.69 Å². The van der Waals surface area contributed by atoms with Crippen molar-refractivity contribution in [3.05, 3.63) is 94.0 Å². The van der Waals surface area contributed by atoms with Crippen LogP contribution < -0.4 is 9.62 Å². The molecule has 3 aromatic carbocycles. The Morgan fingerprint density at radius 2 is 1.61 bits per heavy atom. The van der Waals surface area contributed by atoms with E-state index in [1.807, 2.05) is 51.1 Å². The van der Waals surface area contributed by atoms with Crippen molar-refractivity contribution in [2.45, 2.75) is 51.6 Å². The second-order valence-electron chi connectivity index (χ2n) is 9.28. The number of nitrogens with zero attached hydrogens (tertiary/aromatic N) is 2. The maximum atomic E-state index is 13.9. The number of hydrogen-bond acceptors (Lipinski definition) is 4. The van der Waals surface area contributed by atoms with Gasteiger partial charge in [-0.1, -0.05) is 64.8 Å². The summed E-state index contributed by atoms with van der Waals surface area (Å²) in [4.78, 5) is 28.3. The van der Waals surface area contributed by atoms with Crippen LogP contribution in [0.5, 0.6) is 0 Å². The number of sulfonamides is 1. The van der Waals surface area contributed by atoms with Crippen molar-refractivity contribution in [1.82, 2.24) is 10.2 Å². The van der Waals surface area contributed by atoms with Gasteiger partial charge in [-0.25, -0.2) is 8.42 Å². The summed E-state index contributed by atoms with van der Waals surface area (Å²) in [6.07, 6.45) is 0.759. The van der Waals surface area contributed by atoms with Crippen molar-refractivity contribution in [2.24, 2.45) is 0 Å². The highest BCUT2D eigenvalue weighted by atomic mass is 79.9. The third kappa shape index (κ3) is 7.45. The van der Waals surface area contributed by atoms with Gasteiger partial charge in [0, 0.05) is 17.6 Å². The van der Waals surface area contributed by atoms with Gasteiger partial charge >= 0.3 is 0 Å². The minimum absolute atomic E-state index is 0.0885. The first-order chi connectivity index (χ1) is 18.0. The first-order valence-electron chi connectivity index (χ1n) is 12.5. The Morgan fingerprint density at radius 3 is 2.21 bits per heavy atom. The van der Waals surface area contributed by atoms with E-state index in [1.165, 1.54) is 4.90 Å². The molecule has 3 aromatic rings. The van der Waals surface area contributed by atoms with E-state index in [4.69, 9.17) is 0 Å². The molecule has 202 valence electrons. The van der Waals surface area contributed by atoms with Crippen molar-refractivity contribution in [3.8, 4) is 0 Å². The smallest absolute Gasteiger partial charge is 0.264 e. The zero-order valence-corrected chi connectivity index (χ0v) is 24.6. The lowest BCUT2D eigenvalue weighted by Crippen LogP contribution is -2.51. The van der Waals surface area contributed by atoms with Crippen LogP contribution in [0, 0.1) is 13.8 Å². The molecule has 3 rings (SSSR count). The monoisotopic (exact) mass is 599 g/mol. The number of amides is 2. The van der Waals surface area contributed by atoms with Gasteiger partial charge in [0.05, 0.1) is 10.6 Å². The molecule has 0 radical (unpaired) electrons. The Labute approximate surface area is 234 Å². The van der Waals surface area contributed by atoms with Gasteiger partial charge < -0.3 is 10.2 Å². The number of carbonyl (C=O) groups excluding carboxylic acids is 2. The number of benzene rings is 3. The third-order valence-corrected chi connectivity index (χ3v) is 8.48. The number of hydrogen-bond donors (Lipinski definition) is 1. The fourth-order valence-electron chi connectivity index (χ4n) is 3.91. The summed E-state index contributed by atoms with van der Waals surface area (Å²) >= 11 is 3.42. The number of halogens is 1. The van der Waals surface area contributed by atoms with Gasteiger partial charge in [-0.3, -0.25) is 13.9 Å². The van der Waals surface area contributed by atoms with E-state index >= 15 is 0 Å². The largest absolute Gasteiger partial charge is 0.354 e. The molecule has 0 aliphatic carbocycles. The molecule has 7 nitrogen and oxygen atoms in total. The highest BCUT2D eigenvalue weighted by Gasteiger charge is 2.32. The third-order valence-electron chi connectivity index (χ3n) is 6.16. The number of aryl methyl sites for hydroxylation is 2. The summed E-state index contributed by atoms with van der Waals surface area (Å²) in [6.45, 7) is 7.53. The molecule has 0 aliphatic rings. The Hall–Kier alpha value is -3.17. The molecule has 1 N–H and O–H groups in total. The number of nitrogens with one attached hydrogen (secondary N) is 1. The summed E-state index contributed by atoms with van der Waals surface area (Å²) in [5.74, 6) is -0.773. The number of anilines is 1. The van der Waals surface area contributed by atoms with E-state index < -0.39 is 28.5 Å². The van der Waals surface area contributed by atoms with Gasteiger partial charge in [0.25, 0.3) is 10.0 Å². The predicted molar refractivity (Wildman–Crippen MR) is 154 cm³/mol. The SMILES string of the molecule is CCCNC(=O)C(C)N(Cc1ccc(Br)cc1)C(=O)CN(c1cccc(C)c1)S(=O)(=O)c1ccc(C)cc1. The van der Waals surface area contributed by atoms with Crippen molar-refractivity contribution in [2.75, 3.05) is 17.4 Å². The summed E-state index contributed by atoms with van der Waals surface area (Å²) < 4.78 is 29.7. The van der Waals surface area contributed by atoms with E-state index in [0.717, 1.165) is 31.9 Å². The van der Waals surface area contributed by atoms with Crippen molar-refractivity contribution >= 4 is 43.5 Å². The minimum atomic E-state index is -4.08. The van der Waals surface area contributed by atoms with Crippen molar-refractivity contribution < 1.29 is 18.0 Å². The molecule has 0 spiro atoms. The normalized spacial score (nSPS) is 12.0. The highest BCUT2D eigenvalue weighted by Crippen LogP contribution is 2.26. The summed E-state index contributed by atoms with van der Waals surface area (Å²) in [7, 11) is -4.08. The van der Waals surface area contributed by atoms with E-state index in [0.29, 0.717) is 12.2 Å². The van der Waals surface area contributed by atoms with E-state index in [2.05, 4.69) is 21.2 Å². The summed E-state index contributed by atoms with van der Waals surface area (Å²) in [6, 6.07) is 20.2. The molecule has 1 unspecified atom stereocenters. The number of carbonyl (C=O) groups is 2. The molecule has 0 aromatic heterocycles. The maximum absolute atomic E-state index is 13.9. The second kappa shape index (κ2) is 13.1. The van der Waals surface area contributed by atoms with Gasteiger partial charge in [0.1, 0.15) is 12.6 Å². The molecule has 1 atom stereocenters. The lowest BCUT2D eigenvalue weighted by molar-refractivity contribution is -0.139. The zero-order valence-electron chi connectivity index (χ0n) is 22.1. The van der Waals surface area contributed by atoms with Gasteiger partial charge in [-0.05, 0) is 74.7 Å². The average Bonchev–Trinajstić information content (AvgIpc) is 2.89. The van der Waals surface area contributed by atoms with E-state index in [9.17, 15) is 18.0 Å². The highest BCUT2D eigenvalue weighted by molar-refractivity contribution is 9.10. The van der Waals surface area contributed by atoms with Gasteiger partial charge in [0.15, 0.2) is 0 Å². The fourth-order valence-corrected chi connectivity index (χ4v) is 5.58. The topological polar surface area (TPSA) is 86.8 Å². The van der Waals surface area contributed by atoms with Crippen LogP contribution in [0.1, 0.15) is 37.0 Å². The molecular weight excluding hydrogens is 566 g/mol. The zero-order chi connectivity index (χ0) is 27.9. The predicted octanol–water partition coefficient (Wildman–Crippen LogP) is 5.20. The molecule has 9 heteroatoms. The lowest BCUT2D eigenvalue weighted by atomic mass is 10.1. The van der Waals surface area contributed by atoms with Crippen LogP contribution >= 0.6 is 15.9 Å². The molecule has 38 heavy (non-hydrogen) atoms. The molecule has 0 heterocycles. The number of rotatable bonds is 11. The second-order valence-corrected chi connectivity index (χ2v) is 12.1. The van der Waals surface area contributed by atoms with Crippen LogP contribution in [0.2, 0.25) is 0 Å². The fraction of sp³-hybridized carbons (Fsp3) is 0.310. The summed E-state index contributed by atoms with van der Waals surface area (Å²) in [5.41, 5.74) is 2.98.